The van der Waals surface area contributed by atoms with Gasteiger partial charge < -0.3 is 11.5 Å². The zero-order valence-corrected chi connectivity index (χ0v) is 10.7. The first-order valence-corrected chi connectivity index (χ1v) is 6.21. The van der Waals surface area contributed by atoms with E-state index in [9.17, 15) is 4.79 Å². The molecular weight excluding hydrogens is 238 g/mol. The van der Waals surface area contributed by atoms with E-state index in [0.717, 1.165) is 17.5 Å². The van der Waals surface area contributed by atoms with E-state index in [4.69, 9.17) is 11.5 Å². The van der Waals surface area contributed by atoms with Gasteiger partial charge in [-0.05, 0) is 36.2 Å². The van der Waals surface area contributed by atoms with Crippen LogP contribution < -0.4 is 11.5 Å². The first-order valence-electron chi connectivity index (χ1n) is 6.21. The van der Waals surface area contributed by atoms with E-state index < -0.39 is 0 Å². The summed E-state index contributed by atoms with van der Waals surface area (Å²) in [6.45, 7) is 0.615. The van der Waals surface area contributed by atoms with Crippen LogP contribution in [0.4, 0.5) is 5.82 Å². The van der Waals surface area contributed by atoms with Crippen molar-refractivity contribution in [1.29, 1.82) is 0 Å². The van der Waals surface area contributed by atoms with Gasteiger partial charge in [0.05, 0.1) is 0 Å². The van der Waals surface area contributed by atoms with Gasteiger partial charge in [-0.25, -0.2) is 4.98 Å². The van der Waals surface area contributed by atoms with Crippen LogP contribution >= 0.6 is 0 Å². The fraction of sp³-hybridized carbons (Fsp3) is 0.200. The summed E-state index contributed by atoms with van der Waals surface area (Å²) in [5.74, 6) is 0.508. The number of Topliss-reactive ketones (excluding diaryl/α,β-unsaturated/α-hetero) is 1. The Morgan fingerprint density at radius 3 is 2.47 bits per heavy atom. The average molecular weight is 255 g/mol. The molecule has 1 heterocycles. The van der Waals surface area contributed by atoms with Gasteiger partial charge in [-0.2, -0.15) is 0 Å². The number of benzene rings is 1. The van der Waals surface area contributed by atoms with Crippen LogP contribution in [0.5, 0.6) is 0 Å². The summed E-state index contributed by atoms with van der Waals surface area (Å²) in [4.78, 5) is 16.0. The molecule has 4 heteroatoms. The Morgan fingerprint density at radius 1 is 1.11 bits per heavy atom. The molecule has 0 aliphatic carbocycles. The highest BCUT2D eigenvalue weighted by Crippen LogP contribution is 2.10. The molecule has 0 aliphatic rings. The standard InChI is InChI=1S/C15H17N3O/c16-7-5-11-1-3-13(4-2-11)14(19)9-12-6-8-18-15(17)10-12/h1-4,6,8,10H,5,7,9,16H2,(H2,17,18). The second-order valence-corrected chi connectivity index (χ2v) is 4.42. The molecule has 0 saturated heterocycles. The minimum absolute atomic E-state index is 0.0740. The van der Waals surface area contributed by atoms with Crippen LogP contribution in [0.25, 0.3) is 0 Å². The van der Waals surface area contributed by atoms with Crippen molar-refractivity contribution in [3.05, 3.63) is 59.3 Å². The van der Waals surface area contributed by atoms with Crippen molar-refractivity contribution in [2.45, 2.75) is 12.8 Å². The molecule has 0 radical (unpaired) electrons. The third-order valence-corrected chi connectivity index (χ3v) is 2.92. The number of rotatable bonds is 5. The highest BCUT2D eigenvalue weighted by molar-refractivity contribution is 5.97. The van der Waals surface area contributed by atoms with Crippen LogP contribution in [0.15, 0.2) is 42.6 Å². The molecule has 19 heavy (non-hydrogen) atoms. The number of hydrogen-bond acceptors (Lipinski definition) is 4. The number of carbonyl (C=O) groups is 1. The number of nitrogen functional groups attached to an aromatic ring is 1. The molecular formula is C15H17N3O. The molecule has 0 atom stereocenters. The monoisotopic (exact) mass is 255 g/mol. The van der Waals surface area contributed by atoms with E-state index >= 15 is 0 Å². The summed E-state index contributed by atoms with van der Waals surface area (Å²) in [5, 5.41) is 0. The Labute approximate surface area is 112 Å². The van der Waals surface area contributed by atoms with Gasteiger partial charge in [-0.3, -0.25) is 4.79 Å². The fourth-order valence-corrected chi connectivity index (χ4v) is 1.92. The third-order valence-electron chi connectivity index (χ3n) is 2.92. The molecule has 4 nitrogen and oxygen atoms in total. The predicted molar refractivity (Wildman–Crippen MR) is 75.9 cm³/mol. The summed E-state index contributed by atoms with van der Waals surface area (Å²) in [5.41, 5.74) is 13.8. The maximum atomic E-state index is 12.1. The largest absolute Gasteiger partial charge is 0.384 e. The van der Waals surface area contributed by atoms with Crippen LogP contribution in [0.3, 0.4) is 0 Å². The number of ketones is 1. The molecule has 4 N–H and O–H groups in total. The maximum absolute atomic E-state index is 12.1. The number of anilines is 1. The Kier molecular flexibility index (Phi) is 4.26. The number of hydrogen-bond donors (Lipinski definition) is 2. The Balaban J connectivity index is 2.07. The number of pyridine rings is 1. The lowest BCUT2D eigenvalue weighted by Crippen LogP contribution is -2.06. The Bertz CT molecular complexity index is 564. The number of nitrogens with two attached hydrogens (primary N) is 2. The van der Waals surface area contributed by atoms with Crippen molar-refractivity contribution in [2.24, 2.45) is 5.73 Å². The van der Waals surface area contributed by atoms with Gasteiger partial charge in [0.1, 0.15) is 5.82 Å². The Morgan fingerprint density at radius 2 is 1.84 bits per heavy atom. The molecule has 0 fully saturated rings. The van der Waals surface area contributed by atoms with E-state index in [2.05, 4.69) is 4.98 Å². The minimum Gasteiger partial charge on any atom is -0.384 e. The van der Waals surface area contributed by atoms with E-state index in [0.29, 0.717) is 24.3 Å². The molecule has 1 aromatic carbocycles. The molecule has 0 saturated carbocycles. The number of carbonyl (C=O) groups excluding carboxylic acids is 1. The Hall–Kier alpha value is -2.20. The average Bonchev–Trinajstić information content (AvgIpc) is 2.40. The number of nitrogens with zero attached hydrogens (tertiary/aromatic N) is 1. The van der Waals surface area contributed by atoms with Crippen molar-refractivity contribution in [1.82, 2.24) is 4.98 Å². The quantitative estimate of drug-likeness (QED) is 0.795. The van der Waals surface area contributed by atoms with Crippen molar-refractivity contribution < 1.29 is 4.79 Å². The van der Waals surface area contributed by atoms with Crippen molar-refractivity contribution >= 4 is 11.6 Å². The molecule has 2 aromatic rings. The minimum atomic E-state index is 0.0740. The first kappa shape index (κ1) is 13.2. The summed E-state index contributed by atoms with van der Waals surface area (Å²) in [6, 6.07) is 11.1. The van der Waals surface area contributed by atoms with E-state index in [1.807, 2.05) is 24.3 Å². The van der Waals surface area contributed by atoms with Gasteiger partial charge in [0, 0.05) is 18.2 Å². The molecule has 2 rings (SSSR count). The second-order valence-electron chi connectivity index (χ2n) is 4.42. The van der Waals surface area contributed by atoms with E-state index in [-0.39, 0.29) is 5.78 Å². The zero-order chi connectivity index (χ0) is 13.7. The number of aromatic nitrogens is 1. The molecule has 0 spiro atoms. The SMILES string of the molecule is NCCc1ccc(C(=O)Cc2ccnc(N)c2)cc1. The summed E-state index contributed by atoms with van der Waals surface area (Å²) < 4.78 is 0. The lowest BCUT2D eigenvalue weighted by Gasteiger charge is -2.04. The third kappa shape index (κ3) is 3.63. The lowest BCUT2D eigenvalue weighted by atomic mass is 10.0. The van der Waals surface area contributed by atoms with Gasteiger partial charge in [0.25, 0.3) is 0 Å². The molecule has 0 amide bonds. The van der Waals surface area contributed by atoms with Crippen molar-refractivity contribution in [2.75, 3.05) is 12.3 Å². The van der Waals surface area contributed by atoms with Crippen LogP contribution in [-0.2, 0) is 12.8 Å². The predicted octanol–water partition coefficient (Wildman–Crippen LogP) is 1.59. The molecule has 0 aliphatic heterocycles. The molecule has 0 bridgehead atoms. The van der Waals surface area contributed by atoms with Gasteiger partial charge >= 0.3 is 0 Å². The normalized spacial score (nSPS) is 10.4. The van der Waals surface area contributed by atoms with E-state index in [1.165, 1.54) is 0 Å². The summed E-state index contributed by atoms with van der Waals surface area (Å²) in [6.07, 6.45) is 2.78. The fourth-order valence-electron chi connectivity index (χ4n) is 1.92. The zero-order valence-electron chi connectivity index (χ0n) is 10.7. The smallest absolute Gasteiger partial charge is 0.167 e. The van der Waals surface area contributed by atoms with Gasteiger partial charge in [0.2, 0.25) is 0 Å². The molecule has 98 valence electrons. The van der Waals surface area contributed by atoms with Crippen molar-refractivity contribution in [3.63, 3.8) is 0 Å². The van der Waals surface area contributed by atoms with E-state index in [1.54, 1.807) is 18.3 Å². The summed E-state index contributed by atoms with van der Waals surface area (Å²) in [7, 11) is 0. The topological polar surface area (TPSA) is 82.0 Å². The van der Waals surface area contributed by atoms with Crippen LogP contribution in [0, 0.1) is 0 Å². The van der Waals surface area contributed by atoms with Crippen molar-refractivity contribution in [3.8, 4) is 0 Å². The van der Waals surface area contributed by atoms with Crippen LogP contribution in [-0.4, -0.2) is 17.3 Å². The molecule has 0 unspecified atom stereocenters. The maximum Gasteiger partial charge on any atom is 0.167 e. The molecule has 1 aromatic heterocycles. The van der Waals surface area contributed by atoms with Gasteiger partial charge in [0.15, 0.2) is 5.78 Å². The summed E-state index contributed by atoms with van der Waals surface area (Å²) >= 11 is 0. The highest BCUT2D eigenvalue weighted by atomic mass is 16.1. The van der Waals surface area contributed by atoms with Crippen LogP contribution in [0.1, 0.15) is 21.5 Å². The first-order chi connectivity index (χ1) is 9.19. The lowest BCUT2D eigenvalue weighted by molar-refractivity contribution is 0.0993. The van der Waals surface area contributed by atoms with Gasteiger partial charge in [-0.15, -0.1) is 0 Å². The van der Waals surface area contributed by atoms with Gasteiger partial charge in [-0.1, -0.05) is 24.3 Å². The highest BCUT2D eigenvalue weighted by Gasteiger charge is 2.07. The van der Waals surface area contributed by atoms with Crippen LogP contribution in [0.2, 0.25) is 0 Å². The second kappa shape index (κ2) is 6.11.